The fraction of sp³-hybridized carbons (Fsp3) is 0.450. The van der Waals surface area contributed by atoms with Crippen molar-refractivity contribution in [3.05, 3.63) is 48.7 Å². The number of rotatable bonds is 4. The van der Waals surface area contributed by atoms with Gasteiger partial charge >= 0.3 is 7.29 Å². The van der Waals surface area contributed by atoms with Crippen LogP contribution in [0.3, 0.4) is 0 Å². The highest BCUT2D eigenvalue weighted by atomic mass is 127. The van der Waals surface area contributed by atoms with Gasteiger partial charge in [0.2, 0.25) is 0 Å². The van der Waals surface area contributed by atoms with E-state index in [9.17, 15) is 13.5 Å². The van der Waals surface area contributed by atoms with Crippen molar-refractivity contribution in [3.63, 3.8) is 0 Å². The van der Waals surface area contributed by atoms with Gasteiger partial charge in [-0.25, -0.2) is 0 Å². The normalized spacial score (nSPS) is 27.0. The summed E-state index contributed by atoms with van der Waals surface area (Å²) in [5.74, 6) is 2.01. The van der Waals surface area contributed by atoms with Crippen LogP contribution in [-0.4, -0.2) is 54.2 Å². The summed E-state index contributed by atoms with van der Waals surface area (Å²) in [6.45, 7) is 6.07. The van der Waals surface area contributed by atoms with Crippen LogP contribution in [0, 0.1) is 11.8 Å². The minimum absolute atomic E-state index is 0.178. The molecule has 0 radical (unpaired) electrons. The first-order valence-electron chi connectivity index (χ1n) is 9.35. The molecule has 29 heavy (non-hydrogen) atoms. The number of benzene rings is 1. The minimum Gasteiger partial charge on any atom is -0.497 e. The van der Waals surface area contributed by atoms with Crippen molar-refractivity contribution in [2.75, 3.05) is 20.2 Å². The van der Waals surface area contributed by atoms with E-state index in [1.165, 1.54) is 6.42 Å². The lowest BCUT2D eigenvalue weighted by molar-refractivity contribution is -0.0444. The van der Waals surface area contributed by atoms with E-state index in [4.69, 9.17) is 9.29 Å². The van der Waals surface area contributed by atoms with Gasteiger partial charge < -0.3 is 9.84 Å². The molecule has 0 spiro atoms. The molecule has 0 saturated carbocycles. The second-order valence-electron chi connectivity index (χ2n) is 7.39. The smallest absolute Gasteiger partial charge is 0.318 e. The summed E-state index contributed by atoms with van der Waals surface area (Å²) >= 11 is 0.905. The topological polar surface area (TPSA) is 100.0 Å². The van der Waals surface area contributed by atoms with E-state index in [1.54, 1.807) is 13.3 Å². The molecule has 1 aromatic heterocycles. The van der Waals surface area contributed by atoms with Crippen LogP contribution >= 0.6 is 21.2 Å². The van der Waals surface area contributed by atoms with Crippen molar-refractivity contribution in [3.8, 4) is 5.75 Å². The number of methoxy groups -OCH3 is 1. The quantitative estimate of drug-likeness (QED) is 0.270. The van der Waals surface area contributed by atoms with E-state index in [2.05, 4.69) is 22.5 Å². The average molecular weight is 532 g/mol. The van der Waals surface area contributed by atoms with Crippen LogP contribution in [0.4, 0.5) is 0 Å². The van der Waals surface area contributed by atoms with Crippen molar-refractivity contribution in [2.45, 2.75) is 25.0 Å². The Labute approximate surface area is 183 Å². The Balaban J connectivity index is 0.000000431. The lowest BCUT2D eigenvalue weighted by Gasteiger charge is -2.50. The number of pyridine rings is 1. The summed E-state index contributed by atoms with van der Waals surface area (Å²) < 4.78 is 31.2. The second kappa shape index (κ2) is 9.25. The van der Waals surface area contributed by atoms with E-state index in [1.807, 2.05) is 24.3 Å². The molecule has 3 aliphatic heterocycles. The Hall–Kier alpha value is -1.27. The van der Waals surface area contributed by atoms with Crippen molar-refractivity contribution in [1.82, 2.24) is 9.88 Å². The maximum Gasteiger partial charge on any atom is 0.318 e. The number of aliphatic hydroxyl groups is 1. The molecule has 7 nitrogen and oxygen atoms in total. The number of ether oxygens (including phenoxy) is 1. The standard InChI is InChI=1S/C20H24N2O2.HIO3S/c1-3-13-12-22-9-7-14(13)10-19(22)20(23)16-6-8-21-18-5-4-15(24-2)11-17(16)18;1-5(2,3)4/h3-6,8,11,13-14,19-20,23H,1,7,9-10,12H2,2H3;(H,2,3,4)/t13-,14-,19-,20+;/m0./s1. The Bertz CT molecular complexity index is 976. The molecule has 2 N–H and O–H groups in total. The number of hydrogen-bond donors (Lipinski definition) is 2. The second-order valence-corrected chi connectivity index (χ2v) is 11.5. The first-order valence-corrected chi connectivity index (χ1v) is 13.3. The van der Waals surface area contributed by atoms with Gasteiger partial charge in [-0.1, -0.05) is 6.08 Å². The van der Waals surface area contributed by atoms with Crippen LogP contribution in [0.2, 0.25) is 0 Å². The molecule has 5 rings (SSSR count). The Morgan fingerprint density at radius 2 is 2.14 bits per heavy atom. The van der Waals surface area contributed by atoms with Gasteiger partial charge in [0.25, 0.3) is 0 Å². The van der Waals surface area contributed by atoms with Gasteiger partial charge in [-0.05, 0) is 61.1 Å². The molecule has 0 aliphatic carbocycles. The molecule has 9 heteroatoms. The van der Waals surface area contributed by atoms with Crippen LogP contribution in [0.15, 0.2) is 43.1 Å². The zero-order valence-corrected chi connectivity index (χ0v) is 19.1. The molecular formula is C20H25IN2O5S. The van der Waals surface area contributed by atoms with Gasteiger partial charge in [0.15, 0.2) is 0 Å². The number of aliphatic hydroxyl groups excluding tert-OH is 1. The van der Waals surface area contributed by atoms with Gasteiger partial charge in [-0.2, -0.15) is 8.42 Å². The van der Waals surface area contributed by atoms with Crippen LogP contribution < -0.4 is 4.74 Å². The summed E-state index contributed by atoms with van der Waals surface area (Å²) in [4.78, 5) is 6.86. The maximum absolute atomic E-state index is 11.2. The molecule has 5 atom stereocenters. The van der Waals surface area contributed by atoms with Crippen LogP contribution in [0.1, 0.15) is 24.5 Å². The molecule has 4 heterocycles. The predicted molar refractivity (Wildman–Crippen MR) is 121 cm³/mol. The summed E-state index contributed by atoms with van der Waals surface area (Å²) in [5.41, 5.74) is 1.85. The highest BCUT2D eigenvalue weighted by Gasteiger charge is 2.42. The molecule has 158 valence electrons. The van der Waals surface area contributed by atoms with Crippen molar-refractivity contribution in [1.29, 1.82) is 0 Å². The maximum atomic E-state index is 11.2. The first kappa shape index (κ1) is 22.4. The molecule has 1 aromatic carbocycles. The number of aromatic nitrogens is 1. The summed E-state index contributed by atoms with van der Waals surface area (Å²) in [6.07, 6.45) is 5.62. The average Bonchev–Trinajstić information content (AvgIpc) is 2.71. The van der Waals surface area contributed by atoms with E-state index < -0.39 is 13.4 Å². The molecule has 3 saturated heterocycles. The highest BCUT2D eigenvalue weighted by molar-refractivity contribution is 14.2. The zero-order chi connectivity index (χ0) is 21.2. The fourth-order valence-corrected chi connectivity index (χ4v) is 4.44. The van der Waals surface area contributed by atoms with Crippen molar-refractivity contribution >= 4 is 39.4 Å². The predicted octanol–water partition coefficient (Wildman–Crippen LogP) is 3.40. The monoisotopic (exact) mass is 532 g/mol. The third-order valence-corrected chi connectivity index (χ3v) is 5.82. The van der Waals surface area contributed by atoms with Crippen LogP contribution in [-0.2, 0) is 7.29 Å². The van der Waals surface area contributed by atoms with Gasteiger partial charge in [0, 0.05) is 24.2 Å². The van der Waals surface area contributed by atoms with Gasteiger partial charge in [0.05, 0.1) is 18.7 Å². The fourth-order valence-electron chi connectivity index (χ4n) is 4.44. The SMILES string of the molecule is C=C[C@H]1C[N@]2CC[C@H]1C[C@H]2[C@H](O)c1ccnc2ccc(OC)cc12.O=S(=O)(O)I. The van der Waals surface area contributed by atoms with Crippen molar-refractivity contribution in [2.24, 2.45) is 11.8 Å². The zero-order valence-electron chi connectivity index (χ0n) is 16.1. The largest absolute Gasteiger partial charge is 0.497 e. The number of nitrogens with zero attached hydrogens (tertiary/aromatic N) is 2. The first-order chi connectivity index (χ1) is 13.7. The lowest BCUT2D eigenvalue weighted by Crippen LogP contribution is -2.54. The van der Waals surface area contributed by atoms with Gasteiger partial charge in [0.1, 0.15) is 27.0 Å². The van der Waals surface area contributed by atoms with E-state index in [0.29, 0.717) is 11.8 Å². The van der Waals surface area contributed by atoms with E-state index >= 15 is 0 Å². The number of hydrogen-bond acceptors (Lipinski definition) is 6. The molecule has 2 aromatic rings. The minimum atomic E-state index is -3.70. The molecule has 2 bridgehead atoms. The summed E-state index contributed by atoms with van der Waals surface area (Å²) in [7, 11) is -2.04. The van der Waals surface area contributed by atoms with Crippen LogP contribution in [0.5, 0.6) is 5.75 Å². The molecule has 3 fully saturated rings. The number of fused-ring (bicyclic) bond motifs is 4. The third kappa shape index (κ3) is 5.46. The third-order valence-electron chi connectivity index (χ3n) is 5.82. The molecule has 0 unspecified atom stereocenters. The van der Waals surface area contributed by atoms with E-state index in [0.717, 1.165) is 62.9 Å². The Morgan fingerprint density at radius 3 is 2.72 bits per heavy atom. The van der Waals surface area contributed by atoms with Gasteiger partial charge in [-0.3, -0.25) is 14.4 Å². The van der Waals surface area contributed by atoms with Crippen LogP contribution in [0.25, 0.3) is 10.9 Å². The summed E-state index contributed by atoms with van der Waals surface area (Å²) in [6, 6.07) is 7.96. The molecular weight excluding hydrogens is 507 g/mol. The van der Waals surface area contributed by atoms with Crippen molar-refractivity contribution < 1.29 is 22.8 Å². The van der Waals surface area contributed by atoms with E-state index in [-0.39, 0.29) is 6.04 Å². The Kier molecular flexibility index (Phi) is 7.15. The lowest BCUT2D eigenvalue weighted by atomic mass is 9.73. The van der Waals surface area contributed by atoms with Gasteiger partial charge in [-0.15, -0.1) is 6.58 Å². The Morgan fingerprint density at radius 1 is 1.41 bits per heavy atom. The molecule has 0 amide bonds. The summed E-state index contributed by atoms with van der Waals surface area (Å²) in [5, 5.41) is 12.1. The molecule has 3 aliphatic rings. The number of halogens is 1. The number of piperidine rings is 3. The highest BCUT2D eigenvalue weighted by Crippen LogP contribution is 2.42.